The van der Waals surface area contributed by atoms with E-state index in [1.165, 1.54) is 12.7 Å². The lowest BCUT2D eigenvalue weighted by molar-refractivity contribution is 0.169. The third kappa shape index (κ3) is 5.71. The first-order chi connectivity index (χ1) is 15.2. The summed E-state index contributed by atoms with van der Waals surface area (Å²) < 4.78 is 37.3. The van der Waals surface area contributed by atoms with Crippen LogP contribution < -0.4 is 4.74 Å². The fourth-order valence-corrected chi connectivity index (χ4v) is 7.56. The van der Waals surface area contributed by atoms with Gasteiger partial charge in [-0.25, -0.2) is 8.42 Å². The number of ether oxygens (including phenoxy) is 1. The van der Waals surface area contributed by atoms with E-state index in [4.69, 9.17) is 9.39 Å². The van der Waals surface area contributed by atoms with Crippen molar-refractivity contribution in [3.8, 4) is 11.5 Å². The molecule has 2 N–H and O–H groups in total. The second kappa shape index (κ2) is 10.9. The summed E-state index contributed by atoms with van der Waals surface area (Å²) in [4.78, 5) is 0. The lowest BCUT2D eigenvalue weighted by atomic mass is 9.74. The van der Waals surface area contributed by atoms with Crippen LogP contribution in [0, 0.1) is 3.57 Å². The van der Waals surface area contributed by atoms with Crippen LogP contribution in [0.3, 0.4) is 0 Å². The molecule has 32 heavy (non-hydrogen) atoms. The molecule has 0 amide bonds. The predicted octanol–water partition coefficient (Wildman–Crippen LogP) is 4.74. The first-order valence-corrected chi connectivity index (χ1v) is 14.0. The van der Waals surface area contributed by atoms with Gasteiger partial charge in [-0.1, -0.05) is 43.9 Å². The van der Waals surface area contributed by atoms with Crippen LogP contribution in [0.2, 0.25) is 6.32 Å². The van der Waals surface area contributed by atoms with Crippen molar-refractivity contribution in [2.45, 2.75) is 70.0 Å². The van der Waals surface area contributed by atoms with Crippen LogP contribution in [-0.4, -0.2) is 49.9 Å². The smallest absolute Gasteiger partial charge is 0.456 e. The number of fused-ring (bicyclic) bond motifs is 1. The summed E-state index contributed by atoms with van der Waals surface area (Å²) >= 11 is 2.09. The third-order valence-electron chi connectivity index (χ3n) is 6.14. The number of benzene rings is 1. The first-order valence-electron chi connectivity index (χ1n) is 11.2. The Bertz CT molecular complexity index is 1000. The summed E-state index contributed by atoms with van der Waals surface area (Å²) in [5.41, 5.74) is 4.04. The molecule has 2 aliphatic rings. The Balaban J connectivity index is 1.85. The van der Waals surface area contributed by atoms with E-state index in [2.05, 4.69) is 42.5 Å². The minimum Gasteiger partial charge on any atom is -0.504 e. The highest BCUT2D eigenvalue weighted by Gasteiger charge is 2.48. The SMILES string of the molecule is CCCC1=C2[C@@H](CC/C(=C/c3cc(I)c(O)c(OC)c3)CCC)OB(O)C[C@@H]2S(=O)(=O)C1. The number of hydrogen-bond acceptors (Lipinski definition) is 6. The van der Waals surface area contributed by atoms with Gasteiger partial charge in [0.1, 0.15) is 0 Å². The highest BCUT2D eigenvalue weighted by atomic mass is 127. The van der Waals surface area contributed by atoms with Crippen LogP contribution in [0.1, 0.15) is 57.9 Å². The van der Waals surface area contributed by atoms with Gasteiger partial charge in [0, 0.05) is 6.32 Å². The number of phenolic OH excluding ortho intramolecular Hbond substituents is 1. The topological polar surface area (TPSA) is 93.1 Å². The van der Waals surface area contributed by atoms with Crippen molar-refractivity contribution in [1.29, 1.82) is 0 Å². The molecule has 0 unspecified atom stereocenters. The van der Waals surface area contributed by atoms with E-state index < -0.39 is 22.2 Å². The molecule has 9 heteroatoms. The summed E-state index contributed by atoms with van der Waals surface area (Å²) in [6, 6.07) is 3.73. The number of hydrogen-bond donors (Lipinski definition) is 2. The van der Waals surface area contributed by atoms with E-state index in [1.54, 1.807) is 0 Å². The van der Waals surface area contributed by atoms with Gasteiger partial charge in [0.05, 0.1) is 27.8 Å². The van der Waals surface area contributed by atoms with Crippen LogP contribution in [-0.2, 0) is 14.5 Å². The molecule has 0 bridgehead atoms. The van der Waals surface area contributed by atoms with Crippen molar-refractivity contribution < 1.29 is 27.9 Å². The molecule has 0 aliphatic carbocycles. The Morgan fingerprint density at radius 2 is 2.06 bits per heavy atom. The maximum atomic E-state index is 12.7. The zero-order valence-electron chi connectivity index (χ0n) is 18.9. The maximum Gasteiger partial charge on any atom is 0.456 e. The number of methoxy groups -OCH3 is 1. The number of phenols is 1. The summed E-state index contributed by atoms with van der Waals surface area (Å²) in [7, 11) is -2.78. The first kappa shape index (κ1) is 25.6. The van der Waals surface area contributed by atoms with Crippen LogP contribution in [0.25, 0.3) is 6.08 Å². The van der Waals surface area contributed by atoms with E-state index >= 15 is 0 Å². The Kier molecular flexibility index (Phi) is 8.74. The molecule has 176 valence electrons. The average Bonchev–Trinajstić information content (AvgIpc) is 2.98. The van der Waals surface area contributed by atoms with Crippen molar-refractivity contribution in [3.63, 3.8) is 0 Å². The van der Waals surface area contributed by atoms with Gasteiger partial charge >= 0.3 is 7.12 Å². The molecule has 0 aromatic heterocycles. The van der Waals surface area contributed by atoms with E-state index in [0.29, 0.717) is 12.2 Å². The van der Waals surface area contributed by atoms with E-state index in [1.807, 2.05) is 12.1 Å². The zero-order chi connectivity index (χ0) is 23.5. The quantitative estimate of drug-likeness (QED) is 0.252. The Morgan fingerprint density at radius 3 is 2.72 bits per heavy atom. The van der Waals surface area contributed by atoms with Gasteiger partial charge in [-0.2, -0.15) is 0 Å². The lowest BCUT2D eigenvalue weighted by Gasteiger charge is -2.32. The molecule has 6 nitrogen and oxygen atoms in total. The van der Waals surface area contributed by atoms with Crippen molar-refractivity contribution in [2.75, 3.05) is 12.9 Å². The summed E-state index contributed by atoms with van der Waals surface area (Å²) in [6.07, 6.45) is 6.75. The molecular formula is C23H32BIO6S. The average molecular weight is 574 g/mol. The Labute approximate surface area is 205 Å². The highest BCUT2D eigenvalue weighted by molar-refractivity contribution is 14.1. The highest BCUT2D eigenvalue weighted by Crippen LogP contribution is 2.41. The molecule has 2 aliphatic heterocycles. The van der Waals surface area contributed by atoms with Gasteiger partial charge in [0.2, 0.25) is 0 Å². The van der Waals surface area contributed by atoms with Crippen LogP contribution in [0.15, 0.2) is 28.9 Å². The van der Waals surface area contributed by atoms with Crippen molar-refractivity contribution in [2.24, 2.45) is 0 Å². The second-order valence-corrected chi connectivity index (χ2v) is 11.9. The molecule has 1 saturated heterocycles. The number of halogens is 1. The van der Waals surface area contributed by atoms with Gasteiger partial charge in [0.15, 0.2) is 21.3 Å². The molecule has 1 aromatic rings. The van der Waals surface area contributed by atoms with Crippen molar-refractivity contribution in [1.82, 2.24) is 0 Å². The predicted molar refractivity (Wildman–Crippen MR) is 137 cm³/mol. The maximum absolute atomic E-state index is 12.7. The van der Waals surface area contributed by atoms with Gasteiger partial charge in [-0.3, -0.25) is 0 Å². The molecule has 1 aromatic carbocycles. The number of allylic oxidation sites excluding steroid dienone is 1. The molecule has 2 heterocycles. The monoisotopic (exact) mass is 574 g/mol. The lowest BCUT2D eigenvalue weighted by Crippen LogP contribution is -2.41. The van der Waals surface area contributed by atoms with Gasteiger partial charge < -0.3 is 19.5 Å². The number of sulfone groups is 1. The number of rotatable bonds is 9. The molecular weight excluding hydrogens is 542 g/mol. The van der Waals surface area contributed by atoms with Gasteiger partial charge in [-0.05, 0) is 71.5 Å². The molecule has 0 radical (unpaired) electrons. The fourth-order valence-electron chi connectivity index (χ4n) is 4.78. The Hall–Kier alpha value is -1.04. The van der Waals surface area contributed by atoms with Gasteiger partial charge in [-0.15, -0.1) is 0 Å². The van der Waals surface area contributed by atoms with E-state index in [0.717, 1.165) is 52.4 Å². The molecule has 0 saturated carbocycles. The second-order valence-electron chi connectivity index (χ2n) is 8.56. The van der Waals surface area contributed by atoms with Gasteiger partial charge in [0.25, 0.3) is 0 Å². The van der Waals surface area contributed by atoms with Crippen molar-refractivity contribution in [3.05, 3.63) is 38.0 Å². The molecule has 1 fully saturated rings. The largest absolute Gasteiger partial charge is 0.504 e. The van der Waals surface area contributed by atoms with E-state index in [-0.39, 0.29) is 23.9 Å². The summed E-state index contributed by atoms with van der Waals surface area (Å²) in [5, 5.41) is 19.7. The summed E-state index contributed by atoms with van der Waals surface area (Å²) in [6.45, 7) is 4.17. The van der Waals surface area contributed by atoms with Crippen molar-refractivity contribution >= 4 is 45.6 Å². The van der Waals surface area contributed by atoms with E-state index in [9.17, 15) is 18.5 Å². The third-order valence-corrected chi connectivity index (χ3v) is 9.03. The Morgan fingerprint density at radius 1 is 1.31 bits per heavy atom. The molecule has 3 rings (SSSR count). The molecule has 2 atom stereocenters. The van der Waals surface area contributed by atoms with Crippen LogP contribution >= 0.6 is 22.6 Å². The summed E-state index contributed by atoms with van der Waals surface area (Å²) in [5.74, 6) is 0.665. The fraction of sp³-hybridized carbons (Fsp3) is 0.565. The van der Waals surface area contributed by atoms with Crippen LogP contribution in [0.5, 0.6) is 11.5 Å². The van der Waals surface area contributed by atoms with Crippen LogP contribution in [0.4, 0.5) is 0 Å². The zero-order valence-corrected chi connectivity index (χ0v) is 21.9. The normalized spacial score (nSPS) is 22.9. The molecule has 0 spiro atoms. The number of aromatic hydroxyl groups is 1. The minimum atomic E-state index is -3.27. The minimum absolute atomic E-state index is 0.0941. The standard InChI is InChI=1S/C23H32BIO6S/c1-4-6-15(10-16-11-18(25)23(26)20(12-16)30-3)8-9-19-22-17(7-5-2)14-32(28,29)21(22)13-24(27)31-19/h10-12,19,21,26-27H,4-9,13-14H2,1-3H3/b15-10+/t19-,21+/m1/s1.